The number of rotatable bonds is 6. The molecule has 0 N–H and O–H groups in total. The Hall–Kier alpha value is -3.19. The number of carbonyl (C=O) groups is 1. The predicted octanol–water partition coefficient (Wildman–Crippen LogP) is 4.05. The van der Waals surface area contributed by atoms with Gasteiger partial charge in [0.05, 0.1) is 21.6 Å². The van der Waals surface area contributed by atoms with E-state index in [9.17, 15) is 4.79 Å². The largest absolute Gasteiger partial charge is 0.456 e. The Balaban J connectivity index is 1.44. The van der Waals surface area contributed by atoms with Crippen LogP contribution in [-0.2, 0) is 29.1 Å². The molecule has 4 aromatic rings. The van der Waals surface area contributed by atoms with Gasteiger partial charge in [-0.15, -0.1) is 0 Å². The lowest BCUT2D eigenvalue weighted by Crippen LogP contribution is -2.15. The van der Waals surface area contributed by atoms with Crippen molar-refractivity contribution >= 4 is 28.6 Å². The summed E-state index contributed by atoms with van der Waals surface area (Å²) < 4.78 is 12.4. The molecule has 0 aliphatic heterocycles. The second-order valence-corrected chi connectivity index (χ2v) is 6.52. The summed E-state index contributed by atoms with van der Waals surface area (Å²) in [6.45, 7) is 1.98. The lowest BCUT2D eigenvalue weighted by molar-refractivity contribution is -0.145. The maximum absolute atomic E-state index is 12.3. The average molecular weight is 397 g/mol. The maximum Gasteiger partial charge on any atom is 0.326 e. The van der Waals surface area contributed by atoms with Gasteiger partial charge in [0.25, 0.3) is 5.89 Å². The molecule has 142 valence electrons. The highest BCUT2D eigenvalue weighted by Gasteiger charge is 2.16. The molecule has 28 heavy (non-hydrogen) atoms. The molecular formula is C20H17ClN4O3. The second-order valence-electron chi connectivity index (χ2n) is 6.11. The minimum Gasteiger partial charge on any atom is -0.456 e. The molecule has 7 nitrogen and oxygen atoms in total. The topological polar surface area (TPSA) is 83.0 Å². The van der Waals surface area contributed by atoms with E-state index in [1.807, 2.05) is 47.9 Å². The van der Waals surface area contributed by atoms with E-state index in [4.69, 9.17) is 20.9 Å². The number of ether oxygens (including phenoxy) is 1. The number of aromatic nitrogens is 4. The molecule has 0 saturated carbocycles. The molecule has 0 bridgehead atoms. The zero-order valence-electron chi connectivity index (χ0n) is 15.1. The molecule has 0 radical (unpaired) electrons. The van der Waals surface area contributed by atoms with Gasteiger partial charge in [0.2, 0.25) is 5.82 Å². The quantitative estimate of drug-likeness (QED) is 0.457. The number of nitrogens with zero attached hydrogens (tertiary/aromatic N) is 4. The number of hydrogen-bond acceptors (Lipinski definition) is 6. The molecule has 0 atom stereocenters. The first-order valence-electron chi connectivity index (χ1n) is 8.83. The molecule has 0 amide bonds. The lowest BCUT2D eigenvalue weighted by Gasteiger charge is -2.07. The van der Waals surface area contributed by atoms with Crippen molar-refractivity contribution in [1.29, 1.82) is 0 Å². The van der Waals surface area contributed by atoms with Crippen LogP contribution < -0.4 is 0 Å². The van der Waals surface area contributed by atoms with Crippen molar-refractivity contribution < 1.29 is 14.1 Å². The van der Waals surface area contributed by atoms with Crippen LogP contribution in [0.25, 0.3) is 22.5 Å². The van der Waals surface area contributed by atoms with Gasteiger partial charge in [-0.3, -0.25) is 4.79 Å². The van der Waals surface area contributed by atoms with Gasteiger partial charge in [0.1, 0.15) is 12.4 Å². The molecule has 0 unspecified atom stereocenters. The third kappa shape index (κ3) is 3.61. The highest BCUT2D eigenvalue weighted by atomic mass is 35.5. The monoisotopic (exact) mass is 396 g/mol. The van der Waals surface area contributed by atoms with Gasteiger partial charge in [-0.25, -0.2) is 4.98 Å². The molecule has 2 aromatic heterocycles. The summed E-state index contributed by atoms with van der Waals surface area (Å²) in [5, 5.41) is 4.35. The number of para-hydroxylation sites is 2. The van der Waals surface area contributed by atoms with Crippen LogP contribution in [0, 0.1) is 0 Å². The highest BCUT2D eigenvalue weighted by molar-refractivity contribution is 6.33. The van der Waals surface area contributed by atoms with Gasteiger partial charge in [0, 0.05) is 6.42 Å². The summed E-state index contributed by atoms with van der Waals surface area (Å²) >= 11 is 6.13. The first kappa shape index (κ1) is 18.2. The molecule has 2 aromatic carbocycles. The minimum atomic E-state index is -0.401. The van der Waals surface area contributed by atoms with Crippen molar-refractivity contribution in [2.24, 2.45) is 0 Å². The van der Waals surface area contributed by atoms with Gasteiger partial charge in [-0.1, -0.05) is 47.9 Å². The zero-order chi connectivity index (χ0) is 19.5. The summed E-state index contributed by atoms with van der Waals surface area (Å²) in [5.41, 5.74) is 2.39. The first-order valence-corrected chi connectivity index (χ1v) is 9.20. The number of imidazole rings is 1. The summed E-state index contributed by atoms with van der Waals surface area (Å²) in [6.07, 6.45) is 0.716. The molecule has 0 fully saturated rings. The van der Waals surface area contributed by atoms with Crippen LogP contribution in [0.3, 0.4) is 0 Å². The van der Waals surface area contributed by atoms with Crippen molar-refractivity contribution in [2.75, 3.05) is 0 Å². The Bertz CT molecular complexity index is 1140. The average Bonchev–Trinajstić information content (AvgIpc) is 3.32. The third-order valence-corrected chi connectivity index (χ3v) is 4.60. The summed E-state index contributed by atoms with van der Waals surface area (Å²) in [5.74, 6) is 0.987. The van der Waals surface area contributed by atoms with Crippen LogP contribution in [-0.4, -0.2) is 25.7 Å². The van der Waals surface area contributed by atoms with E-state index in [0.717, 1.165) is 16.9 Å². The molecule has 2 heterocycles. The van der Waals surface area contributed by atoms with E-state index in [1.165, 1.54) is 0 Å². The fourth-order valence-electron chi connectivity index (χ4n) is 2.95. The molecular weight excluding hydrogens is 380 g/mol. The second kappa shape index (κ2) is 7.82. The number of hydrogen-bond donors (Lipinski definition) is 0. The number of esters is 1. The normalized spacial score (nSPS) is 11.1. The Morgan fingerprint density at radius 2 is 1.93 bits per heavy atom. The van der Waals surface area contributed by atoms with Crippen molar-refractivity contribution in [3.63, 3.8) is 0 Å². The van der Waals surface area contributed by atoms with Gasteiger partial charge in [0.15, 0.2) is 6.61 Å². The molecule has 0 aliphatic rings. The van der Waals surface area contributed by atoms with E-state index in [-0.39, 0.29) is 24.9 Å². The van der Waals surface area contributed by atoms with Crippen molar-refractivity contribution in [2.45, 2.75) is 26.5 Å². The van der Waals surface area contributed by atoms with Crippen molar-refractivity contribution in [3.8, 4) is 11.5 Å². The van der Waals surface area contributed by atoms with Crippen LogP contribution in [0.15, 0.2) is 53.1 Å². The lowest BCUT2D eigenvalue weighted by atomic mass is 10.2. The van der Waals surface area contributed by atoms with E-state index in [1.54, 1.807) is 12.1 Å². The number of aryl methyl sites for hydroxylation is 1. The Morgan fingerprint density at radius 1 is 1.14 bits per heavy atom. The first-order chi connectivity index (χ1) is 13.7. The van der Waals surface area contributed by atoms with Gasteiger partial charge in [-0.05, 0) is 24.3 Å². The van der Waals surface area contributed by atoms with Gasteiger partial charge < -0.3 is 13.8 Å². The smallest absolute Gasteiger partial charge is 0.326 e. The molecule has 8 heteroatoms. The van der Waals surface area contributed by atoms with E-state index >= 15 is 0 Å². The van der Waals surface area contributed by atoms with Crippen molar-refractivity contribution in [1.82, 2.24) is 19.7 Å². The van der Waals surface area contributed by atoms with Gasteiger partial charge in [-0.2, -0.15) is 4.98 Å². The summed E-state index contributed by atoms with van der Waals surface area (Å²) in [7, 11) is 0. The van der Waals surface area contributed by atoms with Crippen LogP contribution in [0.1, 0.15) is 18.6 Å². The van der Waals surface area contributed by atoms with Crippen LogP contribution >= 0.6 is 11.6 Å². The summed E-state index contributed by atoms with van der Waals surface area (Å²) in [6, 6.07) is 14.9. The van der Waals surface area contributed by atoms with Crippen LogP contribution in [0.4, 0.5) is 0 Å². The predicted molar refractivity (Wildman–Crippen MR) is 104 cm³/mol. The molecule has 0 saturated heterocycles. The van der Waals surface area contributed by atoms with E-state index in [2.05, 4.69) is 15.1 Å². The van der Waals surface area contributed by atoms with Crippen LogP contribution in [0.5, 0.6) is 0 Å². The number of fused-ring (bicyclic) bond motifs is 1. The van der Waals surface area contributed by atoms with Crippen LogP contribution in [0.2, 0.25) is 5.02 Å². The van der Waals surface area contributed by atoms with E-state index in [0.29, 0.717) is 17.0 Å². The maximum atomic E-state index is 12.3. The number of benzene rings is 2. The SMILES string of the molecule is CCc1nc2ccccc2n1CC(=O)OCc1noc(-c2ccccc2Cl)n1. The third-order valence-electron chi connectivity index (χ3n) is 4.27. The number of carbonyl (C=O) groups excluding carboxylic acids is 1. The number of halogens is 1. The molecule has 4 rings (SSSR count). The fourth-order valence-corrected chi connectivity index (χ4v) is 3.16. The van der Waals surface area contributed by atoms with Gasteiger partial charge >= 0.3 is 5.97 Å². The Kier molecular flexibility index (Phi) is 5.08. The minimum absolute atomic E-state index is 0.0684. The van der Waals surface area contributed by atoms with Crippen molar-refractivity contribution in [3.05, 3.63) is 65.2 Å². The van der Waals surface area contributed by atoms with E-state index < -0.39 is 5.97 Å². The fraction of sp³-hybridized carbons (Fsp3) is 0.200. The molecule has 0 aliphatic carbocycles. The Morgan fingerprint density at radius 3 is 2.75 bits per heavy atom. The highest BCUT2D eigenvalue weighted by Crippen LogP contribution is 2.26. The standard InChI is InChI=1S/C20H17ClN4O3/c1-2-18-22-15-9-5-6-10-16(15)25(18)11-19(26)27-12-17-23-20(28-24-17)13-7-3-4-8-14(13)21/h3-10H,2,11-12H2,1H3. The Labute approximate surface area is 165 Å². The molecule has 0 spiro atoms. The summed E-state index contributed by atoms with van der Waals surface area (Å²) in [4.78, 5) is 21.1. The zero-order valence-corrected chi connectivity index (χ0v) is 15.9.